The molecule has 0 saturated heterocycles. The quantitative estimate of drug-likeness (QED) is 0.648. The molecule has 68 valence electrons. The lowest BCUT2D eigenvalue weighted by Crippen LogP contribution is -2.11. The van der Waals surface area contributed by atoms with Crippen LogP contribution in [-0.2, 0) is 17.8 Å². The summed E-state index contributed by atoms with van der Waals surface area (Å²) in [7, 11) is 0. The van der Waals surface area contributed by atoms with Gasteiger partial charge in [0.05, 0.1) is 13.2 Å². The molecule has 0 radical (unpaired) electrons. The molecule has 1 heterocycles. The molecule has 0 atom stereocenters. The van der Waals surface area contributed by atoms with Crippen LogP contribution in [0.15, 0.2) is 12.4 Å². The van der Waals surface area contributed by atoms with Gasteiger partial charge < -0.3 is 15.0 Å². The van der Waals surface area contributed by atoms with Crippen LogP contribution in [0.25, 0.3) is 0 Å². The molecule has 1 rings (SSSR count). The zero-order valence-corrected chi connectivity index (χ0v) is 7.36. The van der Waals surface area contributed by atoms with Crippen molar-refractivity contribution >= 4 is 0 Å². The van der Waals surface area contributed by atoms with Gasteiger partial charge in [-0.1, -0.05) is 0 Å². The predicted molar refractivity (Wildman–Crippen MR) is 46.6 cm³/mol. The number of hydrogen-bond donors (Lipinski definition) is 1. The molecule has 0 aliphatic heterocycles. The van der Waals surface area contributed by atoms with E-state index in [4.69, 9.17) is 10.5 Å². The van der Waals surface area contributed by atoms with E-state index in [2.05, 4.69) is 4.98 Å². The van der Waals surface area contributed by atoms with E-state index in [-0.39, 0.29) is 0 Å². The average Bonchev–Trinajstić information content (AvgIpc) is 2.52. The number of nitrogens with two attached hydrogens (primary N) is 1. The van der Waals surface area contributed by atoms with Gasteiger partial charge in [0.15, 0.2) is 0 Å². The molecule has 1 aromatic heterocycles. The number of rotatable bonds is 5. The van der Waals surface area contributed by atoms with Crippen LogP contribution >= 0.6 is 0 Å². The van der Waals surface area contributed by atoms with Crippen molar-refractivity contribution < 1.29 is 4.74 Å². The van der Waals surface area contributed by atoms with Gasteiger partial charge in [0.1, 0.15) is 5.82 Å². The molecule has 4 nitrogen and oxygen atoms in total. The highest BCUT2D eigenvalue weighted by Gasteiger charge is 1.98. The van der Waals surface area contributed by atoms with Gasteiger partial charge in [-0.05, 0) is 6.92 Å². The van der Waals surface area contributed by atoms with E-state index >= 15 is 0 Å². The maximum Gasteiger partial charge on any atom is 0.122 e. The molecule has 4 heteroatoms. The summed E-state index contributed by atoms with van der Waals surface area (Å²) < 4.78 is 7.23. The van der Waals surface area contributed by atoms with E-state index in [1.54, 1.807) is 6.20 Å². The minimum Gasteiger partial charge on any atom is -0.380 e. The fraction of sp³-hybridized carbons (Fsp3) is 0.625. The standard InChI is InChI=1S/C8H15N3O/c1-2-12-6-5-11-4-3-10-8(11)7-9/h3-4H,2,5-7,9H2,1H3. The van der Waals surface area contributed by atoms with Crippen molar-refractivity contribution in [3.05, 3.63) is 18.2 Å². The van der Waals surface area contributed by atoms with Gasteiger partial charge in [-0.3, -0.25) is 0 Å². The molecule has 0 unspecified atom stereocenters. The fourth-order valence-corrected chi connectivity index (χ4v) is 1.04. The molecule has 0 bridgehead atoms. The summed E-state index contributed by atoms with van der Waals surface area (Å²) in [6, 6.07) is 0. The third kappa shape index (κ3) is 2.32. The second kappa shape index (κ2) is 4.90. The van der Waals surface area contributed by atoms with Gasteiger partial charge >= 0.3 is 0 Å². The van der Waals surface area contributed by atoms with Crippen LogP contribution in [0, 0.1) is 0 Å². The summed E-state index contributed by atoms with van der Waals surface area (Å²) in [5.41, 5.74) is 5.48. The van der Waals surface area contributed by atoms with Crippen molar-refractivity contribution in [3.8, 4) is 0 Å². The van der Waals surface area contributed by atoms with Crippen LogP contribution < -0.4 is 5.73 Å². The molecule has 0 aliphatic rings. The Balaban J connectivity index is 2.39. The van der Waals surface area contributed by atoms with E-state index in [0.29, 0.717) is 6.54 Å². The Hall–Kier alpha value is -0.870. The van der Waals surface area contributed by atoms with Crippen molar-refractivity contribution in [3.63, 3.8) is 0 Å². The molecule has 0 aromatic carbocycles. The molecule has 12 heavy (non-hydrogen) atoms. The zero-order valence-electron chi connectivity index (χ0n) is 7.36. The zero-order chi connectivity index (χ0) is 8.81. The normalized spacial score (nSPS) is 10.5. The highest BCUT2D eigenvalue weighted by molar-refractivity contribution is 4.90. The van der Waals surface area contributed by atoms with Crippen molar-refractivity contribution in [1.29, 1.82) is 0 Å². The molecule has 1 aromatic rings. The molecular formula is C8H15N3O. The number of nitrogens with zero attached hydrogens (tertiary/aromatic N) is 2. The first-order chi connectivity index (χ1) is 5.88. The van der Waals surface area contributed by atoms with Gasteiger partial charge in [-0.25, -0.2) is 4.98 Å². The minimum absolute atomic E-state index is 0.485. The Morgan fingerprint density at radius 2 is 2.50 bits per heavy atom. The maximum atomic E-state index is 5.48. The smallest absolute Gasteiger partial charge is 0.122 e. The number of hydrogen-bond acceptors (Lipinski definition) is 3. The summed E-state index contributed by atoms with van der Waals surface area (Å²) in [6.07, 6.45) is 3.68. The summed E-state index contributed by atoms with van der Waals surface area (Å²) in [5.74, 6) is 0.912. The second-order valence-electron chi connectivity index (χ2n) is 2.44. The van der Waals surface area contributed by atoms with E-state index in [9.17, 15) is 0 Å². The van der Waals surface area contributed by atoms with E-state index in [1.807, 2.05) is 17.7 Å². The highest BCUT2D eigenvalue weighted by atomic mass is 16.5. The molecule has 2 N–H and O–H groups in total. The molecule has 0 aliphatic carbocycles. The van der Waals surface area contributed by atoms with Crippen LogP contribution in [0.1, 0.15) is 12.7 Å². The van der Waals surface area contributed by atoms with E-state index in [0.717, 1.165) is 25.6 Å². The predicted octanol–water partition coefficient (Wildman–Crippen LogP) is 0.378. The Bertz CT molecular complexity index is 222. The van der Waals surface area contributed by atoms with Gasteiger partial charge in [0, 0.05) is 25.5 Å². The Kier molecular flexibility index (Phi) is 3.76. The summed E-state index contributed by atoms with van der Waals surface area (Å²) >= 11 is 0. The van der Waals surface area contributed by atoms with E-state index in [1.165, 1.54) is 0 Å². The topological polar surface area (TPSA) is 53.1 Å². The van der Waals surface area contributed by atoms with Crippen LogP contribution in [0.5, 0.6) is 0 Å². The van der Waals surface area contributed by atoms with Crippen LogP contribution in [0.4, 0.5) is 0 Å². The number of ether oxygens (including phenoxy) is 1. The van der Waals surface area contributed by atoms with Crippen LogP contribution in [0.3, 0.4) is 0 Å². The van der Waals surface area contributed by atoms with Crippen molar-refractivity contribution in [1.82, 2.24) is 9.55 Å². The summed E-state index contributed by atoms with van der Waals surface area (Å²) in [4.78, 5) is 4.10. The molecule has 0 saturated carbocycles. The summed E-state index contributed by atoms with van der Waals surface area (Å²) in [5, 5.41) is 0. The lowest BCUT2D eigenvalue weighted by atomic mass is 10.5. The van der Waals surface area contributed by atoms with Crippen LogP contribution in [0.2, 0.25) is 0 Å². The van der Waals surface area contributed by atoms with Gasteiger partial charge in [0.25, 0.3) is 0 Å². The first-order valence-electron chi connectivity index (χ1n) is 4.16. The first kappa shape index (κ1) is 9.22. The van der Waals surface area contributed by atoms with Gasteiger partial charge in [0.2, 0.25) is 0 Å². The van der Waals surface area contributed by atoms with Crippen molar-refractivity contribution in [2.75, 3.05) is 13.2 Å². The SMILES string of the molecule is CCOCCn1ccnc1CN. The van der Waals surface area contributed by atoms with Gasteiger partial charge in [-0.15, -0.1) is 0 Å². The molecule has 0 spiro atoms. The lowest BCUT2D eigenvalue weighted by molar-refractivity contribution is 0.138. The number of imidazole rings is 1. The minimum atomic E-state index is 0.485. The third-order valence-electron chi connectivity index (χ3n) is 1.66. The Labute approximate surface area is 72.3 Å². The maximum absolute atomic E-state index is 5.48. The Morgan fingerprint density at radius 3 is 3.17 bits per heavy atom. The van der Waals surface area contributed by atoms with Crippen LogP contribution in [-0.4, -0.2) is 22.8 Å². The summed E-state index contributed by atoms with van der Waals surface area (Å²) in [6.45, 7) is 4.78. The third-order valence-corrected chi connectivity index (χ3v) is 1.66. The Morgan fingerprint density at radius 1 is 1.67 bits per heavy atom. The largest absolute Gasteiger partial charge is 0.380 e. The van der Waals surface area contributed by atoms with Crippen molar-refractivity contribution in [2.45, 2.75) is 20.0 Å². The second-order valence-corrected chi connectivity index (χ2v) is 2.44. The van der Waals surface area contributed by atoms with Gasteiger partial charge in [-0.2, -0.15) is 0 Å². The molecule has 0 fully saturated rings. The first-order valence-corrected chi connectivity index (χ1v) is 4.16. The lowest BCUT2D eigenvalue weighted by Gasteiger charge is -2.05. The molecule has 0 amide bonds. The average molecular weight is 169 g/mol. The number of aromatic nitrogens is 2. The van der Waals surface area contributed by atoms with E-state index < -0.39 is 0 Å². The van der Waals surface area contributed by atoms with Crippen molar-refractivity contribution in [2.24, 2.45) is 5.73 Å². The molecular weight excluding hydrogens is 154 g/mol. The fourth-order valence-electron chi connectivity index (χ4n) is 1.04. The monoisotopic (exact) mass is 169 g/mol. The highest BCUT2D eigenvalue weighted by Crippen LogP contribution is 1.95.